The lowest BCUT2D eigenvalue weighted by molar-refractivity contribution is -0.133. The van der Waals surface area contributed by atoms with Crippen LogP contribution in [0.5, 0.6) is 11.6 Å². The summed E-state index contributed by atoms with van der Waals surface area (Å²) in [6.07, 6.45) is 1.98. The van der Waals surface area contributed by atoms with E-state index in [4.69, 9.17) is 9.47 Å². The molecule has 0 bridgehead atoms. The van der Waals surface area contributed by atoms with E-state index in [-0.39, 0.29) is 16.9 Å². The number of carbonyl (C=O) groups excluding carboxylic acids is 1. The molecule has 0 aliphatic rings. The molecule has 0 aliphatic heterocycles. The maximum absolute atomic E-state index is 13.6. The van der Waals surface area contributed by atoms with E-state index in [2.05, 4.69) is 14.7 Å². The lowest BCUT2D eigenvalue weighted by Gasteiger charge is -2.12. The highest BCUT2D eigenvalue weighted by atomic mass is 19.2. The molecular formula is C15H12F2N2O4. The minimum Gasteiger partial charge on any atom is -0.503 e. The lowest BCUT2D eigenvalue weighted by atomic mass is 10.1. The van der Waals surface area contributed by atoms with Gasteiger partial charge < -0.3 is 14.2 Å². The highest BCUT2D eigenvalue weighted by molar-refractivity contribution is 6.17. The van der Waals surface area contributed by atoms with E-state index in [0.29, 0.717) is 0 Å². The van der Waals surface area contributed by atoms with Crippen LogP contribution in [0.15, 0.2) is 36.9 Å². The monoisotopic (exact) mass is 322 g/mol. The number of nitrogens with zero attached hydrogens (tertiary/aromatic N) is 2. The summed E-state index contributed by atoms with van der Waals surface area (Å²) >= 11 is 0. The number of esters is 1. The molecule has 0 atom stereocenters. The van der Waals surface area contributed by atoms with Crippen molar-refractivity contribution in [3.8, 4) is 11.6 Å². The third-order valence-electron chi connectivity index (χ3n) is 2.74. The molecule has 1 aromatic heterocycles. The number of carbonyl (C=O) groups is 1. The van der Waals surface area contributed by atoms with Crippen molar-refractivity contribution in [2.45, 2.75) is 0 Å². The number of halogens is 2. The van der Waals surface area contributed by atoms with Gasteiger partial charge in [-0.2, -0.15) is 13.8 Å². The summed E-state index contributed by atoms with van der Waals surface area (Å²) in [6.45, 7) is 0. The summed E-state index contributed by atoms with van der Waals surface area (Å²) in [5, 5.41) is 0. The van der Waals surface area contributed by atoms with Crippen molar-refractivity contribution >= 4 is 11.5 Å². The molecule has 2 aromatic rings. The smallest absolute Gasteiger partial charge is 0.341 e. The molecule has 120 valence electrons. The van der Waals surface area contributed by atoms with Gasteiger partial charge in [-0.05, 0) is 6.07 Å². The van der Waals surface area contributed by atoms with Crippen LogP contribution in [0.4, 0.5) is 8.78 Å². The first kappa shape index (κ1) is 16.3. The van der Waals surface area contributed by atoms with Crippen LogP contribution >= 0.6 is 0 Å². The molecule has 2 rings (SSSR count). The predicted octanol–water partition coefficient (Wildman–Crippen LogP) is 2.71. The zero-order valence-electron chi connectivity index (χ0n) is 12.2. The van der Waals surface area contributed by atoms with Gasteiger partial charge in [0, 0.05) is 5.56 Å². The van der Waals surface area contributed by atoms with Gasteiger partial charge in [-0.1, -0.05) is 18.2 Å². The van der Waals surface area contributed by atoms with Gasteiger partial charge in [0.15, 0.2) is 0 Å². The fourth-order valence-corrected chi connectivity index (χ4v) is 1.74. The SMILES string of the molecule is CO/C=C(\C(=O)OC)c1ccccc1Oc1ncnc(F)c1F. The van der Waals surface area contributed by atoms with Gasteiger partial charge in [-0.15, -0.1) is 0 Å². The van der Waals surface area contributed by atoms with Crippen LogP contribution in [0.3, 0.4) is 0 Å². The van der Waals surface area contributed by atoms with Crippen molar-refractivity contribution in [3.63, 3.8) is 0 Å². The Morgan fingerprint density at radius 2 is 1.91 bits per heavy atom. The second-order valence-corrected chi connectivity index (χ2v) is 4.14. The van der Waals surface area contributed by atoms with E-state index in [1.54, 1.807) is 12.1 Å². The van der Waals surface area contributed by atoms with Crippen LogP contribution in [0.1, 0.15) is 5.56 Å². The van der Waals surface area contributed by atoms with Crippen LogP contribution < -0.4 is 4.74 Å². The van der Waals surface area contributed by atoms with E-state index >= 15 is 0 Å². The second kappa shape index (κ2) is 7.30. The largest absolute Gasteiger partial charge is 0.503 e. The van der Waals surface area contributed by atoms with Gasteiger partial charge in [0.2, 0.25) is 5.82 Å². The minimum absolute atomic E-state index is 0.0422. The van der Waals surface area contributed by atoms with Gasteiger partial charge in [-0.25, -0.2) is 9.78 Å². The Morgan fingerprint density at radius 1 is 1.17 bits per heavy atom. The summed E-state index contributed by atoms with van der Waals surface area (Å²) in [6, 6.07) is 6.22. The van der Waals surface area contributed by atoms with Crippen LogP contribution in [0.2, 0.25) is 0 Å². The van der Waals surface area contributed by atoms with Crippen molar-refractivity contribution in [2.75, 3.05) is 14.2 Å². The topological polar surface area (TPSA) is 70.5 Å². The van der Waals surface area contributed by atoms with E-state index in [1.165, 1.54) is 26.4 Å². The number of ether oxygens (including phenoxy) is 3. The number of rotatable bonds is 5. The molecule has 0 saturated heterocycles. The predicted molar refractivity (Wildman–Crippen MR) is 75.5 cm³/mol. The Kier molecular flexibility index (Phi) is 5.19. The van der Waals surface area contributed by atoms with E-state index < -0.39 is 23.6 Å². The van der Waals surface area contributed by atoms with Crippen LogP contribution in [-0.4, -0.2) is 30.2 Å². The third kappa shape index (κ3) is 3.60. The summed E-state index contributed by atoms with van der Waals surface area (Å²) < 4.78 is 41.6. The fraction of sp³-hybridized carbons (Fsp3) is 0.133. The molecule has 0 fully saturated rings. The normalized spacial score (nSPS) is 11.0. The molecule has 0 aliphatic carbocycles. The molecule has 0 spiro atoms. The van der Waals surface area contributed by atoms with Crippen LogP contribution in [0, 0.1) is 11.8 Å². The molecule has 8 heteroatoms. The summed E-state index contributed by atoms with van der Waals surface area (Å²) in [5.41, 5.74) is 0.306. The zero-order valence-corrected chi connectivity index (χ0v) is 12.2. The number of para-hydroxylation sites is 1. The second-order valence-electron chi connectivity index (χ2n) is 4.14. The first-order valence-corrected chi connectivity index (χ1v) is 6.33. The maximum atomic E-state index is 13.6. The van der Waals surface area contributed by atoms with Crippen molar-refractivity contribution in [2.24, 2.45) is 0 Å². The number of hydrogen-bond acceptors (Lipinski definition) is 6. The number of aromatic nitrogens is 2. The highest BCUT2D eigenvalue weighted by Crippen LogP contribution is 2.31. The molecular weight excluding hydrogens is 310 g/mol. The average Bonchev–Trinajstić information content (AvgIpc) is 2.57. The van der Waals surface area contributed by atoms with E-state index in [9.17, 15) is 13.6 Å². The van der Waals surface area contributed by atoms with Gasteiger partial charge in [0.1, 0.15) is 17.6 Å². The Morgan fingerprint density at radius 3 is 2.61 bits per heavy atom. The Hall–Kier alpha value is -3.03. The maximum Gasteiger partial charge on any atom is 0.341 e. The van der Waals surface area contributed by atoms with Crippen molar-refractivity contribution < 1.29 is 27.8 Å². The number of benzene rings is 1. The number of hydrogen-bond donors (Lipinski definition) is 0. The Labute approximate surface area is 130 Å². The Balaban J connectivity index is 2.47. The van der Waals surface area contributed by atoms with Crippen LogP contribution in [0.25, 0.3) is 5.57 Å². The van der Waals surface area contributed by atoms with E-state index in [1.807, 2.05) is 0 Å². The van der Waals surface area contributed by atoms with Gasteiger partial charge >= 0.3 is 5.97 Å². The first-order chi connectivity index (χ1) is 11.1. The molecule has 0 unspecified atom stereocenters. The Bertz CT molecular complexity index is 750. The zero-order chi connectivity index (χ0) is 16.8. The van der Waals surface area contributed by atoms with Crippen LogP contribution in [-0.2, 0) is 14.3 Å². The quantitative estimate of drug-likeness (QED) is 0.365. The minimum atomic E-state index is -1.34. The number of methoxy groups -OCH3 is 2. The van der Waals surface area contributed by atoms with Gasteiger partial charge in [-0.3, -0.25) is 0 Å². The van der Waals surface area contributed by atoms with Crippen molar-refractivity contribution in [1.29, 1.82) is 0 Å². The molecule has 23 heavy (non-hydrogen) atoms. The molecule has 1 aromatic carbocycles. The van der Waals surface area contributed by atoms with Crippen molar-refractivity contribution in [3.05, 3.63) is 54.2 Å². The molecule has 0 saturated carbocycles. The molecule has 1 heterocycles. The standard InChI is InChI=1S/C15H12F2N2O4/c1-21-7-10(15(20)22-2)9-5-3-4-6-11(9)23-14-12(16)13(17)18-8-19-14/h3-8H,1-2H3/b10-7-. The highest BCUT2D eigenvalue weighted by Gasteiger charge is 2.20. The fourth-order valence-electron chi connectivity index (χ4n) is 1.74. The van der Waals surface area contributed by atoms with E-state index in [0.717, 1.165) is 12.6 Å². The van der Waals surface area contributed by atoms with Gasteiger partial charge in [0.25, 0.3) is 11.8 Å². The average molecular weight is 322 g/mol. The van der Waals surface area contributed by atoms with Crippen molar-refractivity contribution in [1.82, 2.24) is 9.97 Å². The molecule has 0 radical (unpaired) electrons. The summed E-state index contributed by atoms with van der Waals surface area (Å²) in [4.78, 5) is 18.4. The molecule has 6 nitrogen and oxygen atoms in total. The third-order valence-corrected chi connectivity index (χ3v) is 2.74. The molecule has 0 N–H and O–H groups in total. The molecule has 0 amide bonds. The van der Waals surface area contributed by atoms with Gasteiger partial charge in [0.05, 0.1) is 20.5 Å². The first-order valence-electron chi connectivity index (χ1n) is 6.33. The lowest BCUT2D eigenvalue weighted by Crippen LogP contribution is -2.06. The summed E-state index contributed by atoms with van der Waals surface area (Å²) in [7, 11) is 2.56. The summed E-state index contributed by atoms with van der Waals surface area (Å²) in [5.74, 6) is -3.90.